The predicted octanol–water partition coefficient (Wildman–Crippen LogP) is 0.920. The molecular formula is C11H15NO5S. The number of amides is 1. The highest BCUT2D eigenvalue weighted by Crippen LogP contribution is 2.04. The first kappa shape index (κ1) is 14.6. The summed E-state index contributed by atoms with van der Waals surface area (Å²) in [5, 5.41) is 2.62. The van der Waals surface area contributed by atoms with Gasteiger partial charge < -0.3 is 10.1 Å². The highest BCUT2D eigenvalue weighted by atomic mass is 32.2. The number of para-hydroxylation sites is 1. The quantitative estimate of drug-likeness (QED) is 0.569. The Morgan fingerprint density at radius 1 is 1.28 bits per heavy atom. The SMILES string of the molecule is O=C(COCCCS(=O)(=O)O)Nc1ccccc1. The van der Waals surface area contributed by atoms with Gasteiger partial charge in [0.2, 0.25) is 5.91 Å². The van der Waals surface area contributed by atoms with Crippen molar-refractivity contribution >= 4 is 21.7 Å². The van der Waals surface area contributed by atoms with Crippen LogP contribution in [0.1, 0.15) is 6.42 Å². The van der Waals surface area contributed by atoms with Crippen molar-refractivity contribution in [2.24, 2.45) is 0 Å². The number of carbonyl (C=O) groups is 1. The van der Waals surface area contributed by atoms with E-state index in [1.54, 1.807) is 24.3 Å². The minimum absolute atomic E-state index is 0.0992. The van der Waals surface area contributed by atoms with Crippen molar-refractivity contribution in [2.75, 3.05) is 24.3 Å². The largest absolute Gasteiger partial charge is 0.372 e. The molecule has 6 nitrogen and oxygen atoms in total. The van der Waals surface area contributed by atoms with Crippen LogP contribution in [0, 0.1) is 0 Å². The van der Waals surface area contributed by atoms with Crippen molar-refractivity contribution in [3.63, 3.8) is 0 Å². The van der Waals surface area contributed by atoms with Crippen molar-refractivity contribution in [3.8, 4) is 0 Å². The van der Waals surface area contributed by atoms with E-state index in [0.717, 1.165) is 0 Å². The monoisotopic (exact) mass is 273 g/mol. The van der Waals surface area contributed by atoms with Gasteiger partial charge >= 0.3 is 0 Å². The van der Waals surface area contributed by atoms with Gasteiger partial charge in [0.15, 0.2) is 0 Å². The maximum atomic E-state index is 11.4. The Morgan fingerprint density at radius 3 is 2.56 bits per heavy atom. The van der Waals surface area contributed by atoms with Crippen LogP contribution >= 0.6 is 0 Å². The van der Waals surface area contributed by atoms with E-state index in [0.29, 0.717) is 5.69 Å². The molecule has 0 unspecified atom stereocenters. The summed E-state index contributed by atoms with van der Waals surface area (Å²) in [5.41, 5.74) is 0.670. The van der Waals surface area contributed by atoms with E-state index in [2.05, 4.69) is 5.32 Å². The Hall–Kier alpha value is -1.44. The fourth-order valence-corrected chi connectivity index (χ4v) is 1.71. The minimum Gasteiger partial charge on any atom is -0.372 e. The number of nitrogens with one attached hydrogen (secondary N) is 1. The molecule has 0 aliphatic rings. The third-order valence-corrected chi connectivity index (χ3v) is 2.79. The van der Waals surface area contributed by atoms with Crippen LogP contribution in [0.4, 0.5) is 5.69 Å². The Morgan fingerprint density at radius 2 is 1.94 bits per heavy atom. The summed E-state index contributed by atoms with van der Waals surface area (Å²) in [6.45, 7) is -0.0532. The molecule has 1 rings (SSSR count). The smallest absolute Gasteiger partial charge is 0.264 e. The first-order valence-electron chi connectivity index (χ1n) is 5.35. The van der Waals surface area contributed by atoms with Crippen molar-refractivity contribution in [1.82, 2.24) is 0 Å². The second-order valence-electron chi connectivity index (χ2n) is 3.61. The van der Waals surface area contributed by atoms with Crippen LogP contribution in [0.15, 0.2) is 30.3 Å². The second kappa shape index (κ2) is 7.10. The van der Waals surface area contributed by atoms with Gasteiger partial charge in [-0.1, -0.05) is 18.2 Å². The van der Waals surface area contributed by atoms with Crippen molar-refractivity contribution in [3.05, 3.63) is 30.3 Å². The lowest BCUT2D eigenvalue weighted by Gasteiger charge is -2.05. The highest BCUT2D eigenvalue weighted by molar-refractivity contribution is 7.85. The number of rotatable bonds is 7. The Balaban J connectivity index is 2.15. The second-order valence-corrected chi connectivity index (χ2v) is 5.18. The normalized spacial score (nSPS) is 11.2. The summed E-state index contributed by atoms with van der Waals surface area (Å²) in [6.07, 6.45) is 0.150. The van der Waals surface area contributed by atoms with E-state index in [1.807, 2.05) is 6.07 Å². The average Bonchev–Trinajstić information content (AvgIpc) is 2.28. The van der Waals surface area contributed by atoms with Gasteiger partial charge in [-0.25, -0.2) is 0 Å². The number of ether oxygens (including phenoxy) is 1. The maximum absolute atomic E-state index is 11.4. The van der Waals surface area contributed by atoms with E-state index >= 15 is 0 Å². The number of carbonyl (C=O) groups excluding carboxylic acids is 1. The number of benzene rings is 1. The van der Waals surface area contributed by atoms with Crippen molar-refractivity contribution < 1.29 is 22.5 Å². The third kappa shape index (κ3) is 7.00. The van der Waals surface area contributed by atoms with Gasteiger partial charge in [-0.15, -0.1) is 0 Å². The molecule has 1 aromatic carbocycles. The van der Waals surface area contributed by atoms with Gasteiger partial charge in [-0.2, -0.15) is 8.42 Å². The third-order valence-electron chi connectivity index (χ3n) is 1.98. The van der Waals surface area contributed by atoms with Gasteiger partial charge in [0.05, 0.1) is 5.75 Å². The molecule has 100 valence electrons. The van der Waals surface area contributed by atoms with E-state index < -0.39 is 10.1 Å². The van der Waals surface area contributed by atoms with Gasteiger partial charge in [0, 0.05) is 12.3 Å². The molecule has 18 heavy (non-hydrogen) atoms. The van der Waals surface area contributed by atoms with E-state index in [1.165, 1.54) is 0 Å². The van der Waals surface area contributed by atoms with Crippen LogP contribution in [0.3, 0.4) is 0 Å². The summed E-state index contributed by atoms with van der Waals surface area (Å²) in [4.78, 5) is 11.4. The lowest BCUT2D eigenvalue weighted by molar-refractivity contribution is -0.120. The number of hydrogen-bond donors (Lipinski definition) is 2. The molecular weight excluding hydrogens is 258 g/mol. The molecule has 0 fully saturated rings. The van der Waals surface area contributed by atoms with Crippen molar-refractivity contribution in [2.45, 2.75) is 6.42 Å². The van der Waals surface area contributed by atoms with E-state index in [4.69, 9.17) is 9.29 Å². The standard InChI is InChI=1S/C11H15NO5S/c13-11(12-10-5-2-1-3-6-10)9-17-7-4-8-18(14,15)16/h1-3,5-6H,4,7-9H2,(H,12,13)(H,14,15,16). The summed E-state index contributed by atoms with van der Waals surface area (Å²) in [6, 6.07) is 8.92. The Labute approximate surface area is 106 Å². The van der Waals surface area contributed by atoms with Crippen molar-refractivity contribution in [1.29, 1.82) is 0 Å². The molecule has 0 spiro atoms. The summed E-state index contributed by atoms with van der Waals surface area (Å²) < 4.78 is 34.2. The molecule has 0 bridgehead atoms. The molecule has 0 radical (unpaired) electrons. The first-order valence-corrected chi connectivity index (χ1v) is 6.96. The summed E-state index contributed by atoms with van der Waals surface area (Å²) in [7, 11) is -3.95. The Bertz CT molecular complexity index is 471. The first-order chi connectivity index (χ1) is 8.47. The fourth-order valence-electron chi connectivity index (χ4n) is 1.23. The molecule has 0 saturated carbocycles. The lowest BCUT2D eigenvalue weighted by atomic mass is 10.3. The molecule has 1 amide bonds. The predicted molar refractivity (Wildman–Crippen MR) is 66.9 cm³/mol. The zero-order valence-corrected chi connectivity index (χ0v) is 10.5. The fraction of sp³-hybridized carbons (Fsp3) is 0.364. The molecule has 0 saturated heterocycles. The Kier molecular flexibility index (Phi) is 5.76. The van der Waals surface area contributed by atoms with E-state index in [9.17, 15) is 13.2 Å². The lowest BCUT2D eigenvalue weighted by Crippen LogP contribution is -2.19. The van der Waals surface area contributed by atoms with Crippen LogP contribution in [0.25, 0.3) is 0 Å². The maximum Gasteiger partial charge on any atom is 0.264 e. The summed E-state index contributed by atoms with van der Waals surface area (Å²) in [5.74, 6) is -0.680. The molecule has 0 aliphatic heterocycles. The zero-order valence-electron chi connectivity index (χ0n) is 9.70. The molecule has 0 heterocycles. The van der Waals surface area contributed by atoms with Crippen LogP contribution in [-0.4, -0.2) is 37.8 Å². The molecule has 0 aliphatic carbocycles. The van der Waals surface area contributed by atoms with Gasteiger partial charge in [-0.05, 0) is 18.6 Å². The van der Waals surface area contributed by atoms with Crippen LogP contribution < -0.4 is 5.32 Å². The molecule has 0 aromatic heterocycles. The minimum atomic E-state index is -3.95. The molecule has 7 heteroatoms. The van der Waals surface area contributed by atoms with Crippen LogP contribution in [-0.2, 0) is 19.6 Å². The molecule has 1 aromatic rings. The zero-order chi connectivity index (χ0) is 13.4. The van der Waals surface area contributed by atoms with Gasteiger partial charge in [-0.3, -0.25) is 9.35 Å². The molecule has 0 atom stereocenters. The van der Waals surface area contributed by atoms with E-state index in [-0.39, 0.29) is 31.3 Å². The van der Waals surface area contributed by atoms with Gasteiger partial charge in [0.25, 0.3) is 10.1 Å². The number of anilines is 1. The molecule has 2 N–H and O–H groups in total. The highest BCUT2D eigenvalue weighted by Gasteiger charge is 2.05. The number of hydrogen-bond acceptors (Lipinski definition) is 4. The van der Waals surface area contributed by atoms with Crippen LogP contribution in [0.5, 0.6) is 0 Å². The topological polar surface area (TPSA) is 92.7 Å². The van der Waals surface area contributed by atoms with Gasteiger partial charge in [0.1, 0.15) is 6.61 Å². The summed E-state index contributed by atoms with van der Waals surface area (Å²) >= 11 is 0. The van der Waals surface area contributed by atoms with Crippen LogP contribution in [0.2, 0.25) is 0 Å². The average molecular weight is 273 g/mol.